The Hall–Kier alpha value is -1.92. The lowest BCUT2D eigenvalue weighted by Gasteiger charge is -2.40. The van der Waals surface area contributed by atoms with E-state index in [4.69, 9.17) is 0 Å². The van der Waals surface area contributed by atoms with Crippen LogP contribution in [-0.4, -0.2) is 41.2 Å². The van der Waals surface area contributed by atoms with E-state index in [9.17, 15) is 4.79 Å². The lowest BCUT2D eigenvalue weighted by atomic mass is 9.73. The number of carbonyl (C=O) groups excluding carboxylic acids is 1. The smallest absolute Gasteiger partial charge is 0.247 e. The topological polar surface area (TPSA) is 69.3 Å². The molecule has 0 spiro atoms. The van der Waals surface area contributed by atoms with Crippen LogP contribution in [0.1, 0.15) is 43.7 Å². The molecule has 0 bridgehead atoms. The molecular formula is C20H27N5O. The predicted octanol–water partition coefficient (Wildman–Crippen LogP) is 1.49. The van der Waals surface area contributed by atoms with Gasteiger partial charge in [-0.05, 0) is 50.9 Å². The molecule has 2 saturated heterocycles. The summed E-state index contributed by atoms with van der Waals surface area (Å²) in [7, 11) is 0. The molecule has 0 aromatic carbocycles. The third-order valence-electron chi connectivity index (χ3n) is 6.58. The monoisotopic (exact) mass is 353 g/mol. The number of nitrogens with one attached hydrogen (secondary N) is 3. The quantitative estimate of drug-likeness (QED) is 0.752. The van der Waals surface area contributed by atoms with Gasteiger partial charge in [-0.3, -0.25) is 14.8 Å². The van der Waals surface area contributed by atoms with Gasteiger partial charge in [0.1, 0.15) is 6.17 Å². The van der Waals surface area contributed by atoms with Gasteiger partial charge >= 0.3 is 0 Å². The van der Waals surface area contributed by atoms with Crippen LogP contribution in [-0.2, 0) is 4.79 Å². The Labute approximate surface area is 154 Å². The van der Waals surface area contributed by atoms with Crippen LogP contribution >= 0.6 is 0 Å². The second-order valence-electron chi connectivity index (χ2n) is 8.02. The Morgan fingerprint density at radius 3 is 2.81 bits per heavy atom. The van der Waals surface area contributed by atoms with Gasteiger partial charge in [-0.25, -0.2) is 5.43 Å². The first-order valence-electron chi connectivity index (χ1n) is 10.0. The highest BCUT2D eigenvalue weighted by Crippen LogP contribution is 2.45. The molecule has 1 aliphatic carbocycles. The van der Waals surface area contributed by atoms with Crippen molar-refractivity contribution < 1.29 is 4.79 Å². The fourth-order valence-corrected chi connectivity index (χ4v) is 5.40. The van der Waals surface area contributed by atoms with E-state index in [-0.39, 0.29) is 12.1 Å². The van der Waals surface area contributed by atoms with Crippen molar-refractivity contribution in [3.8, 4) is 0 Å². The summed E-state index contributed by atoms with van der Waals surface area (Å²) in [5, 5.41) is 8.98. The SMILES string of the molecule is O=C1C=C(C2CCNCC2)N2NC3CCCC(c4ccccn4)C3C2N1. The van der Waals surface area contributed by atoms with Gasteiger partial charge in [0.2, 0.25) is 5.91 Å². The minimum absolute atomic E-state index is 0.0368. The van der Waals surface area contributed by atoms with E-state index in [1.165, 1.54) is 12.1 Å². The molecule has 3 fully saturated rings. The summed E-state index contributed by atoms with van der Waals surface area (Å²) in [5.74, 6) is 1.29. The van der Waals surface area contributed by atoms with E-state index in [0.29, 0.717) is 23.8 Å². The summed E-state index contributed by atoms with van der Waals surface area (Å²) >= 11 is 0. The van der Waals surface area contributed by atoms with Crippen LogP contribution < -0.4 is 16.1 Å². The van der Waals surface area contributed by atoms with Crippen LogP contribution in [0.25, 0.3) is 0 Å². The highest BCUT2D eigenvalue weighted by atomic mass is 16.2. The molecule has 138 valence electrons. The number of rotatable bonds is 2. The number of hydrogen-bond donors (Lipinski definition) is 3. The second kappa shape index (κ2) is 6.67. The van der Waals surface area contributed by atoms with E-state index >= 15 is 0 Å². The van der Waals surface area contributed by atoms with Gasteiger partial charge in [0, 0.05) is 47.5 Å². The van der Waals surface area contributed by atoms with Gasteiger partial charge in [0.15, 0.2) is 0 Å². The number of allylic oxidation sites excluding steroid dienone is 1. The van der Waals surface area contributed by atoms with Gasteiger partial charge in [-0.2, -0.15) is 0 Å². The minimum atomic E-state index is 0.0368. The molecule has 1 aromatic heterocycles. The van der Waals surface area contributed by atoms with Crippen LogP contribution in [0.15, 0.2) is 36.2 Å². The van der Waals surface area contributed by atoms with Crippen LogP contribution in [0.2, 0.25) is 0 Å². The van der Waals surface area contributed by atoms with Crippen molar-refractivity contribution in [2.24, 2.45) is 11.8 Å². The fourth-order valence-electron chi connectivity index (χ4n) is 5.40. The molecule has 1 aromatic rings. The number of nitrogens with zero attached hydrogens (tertiary/aromatic N) is 2. The van der Waals surface area contributed by atoms with Crippen molar-refractivity contribution in [1.29, 1.82) is 0 Å². The highest BCUT2D eigenvalue weighted by molar-refractivity contribution is 5.89. The van der Waals surface area contributed by atoms with Gasteiger partial charge in [0.05, 0.1) is 0 Å². The summed E-state index contributed by atoms with van der Waals surface area (Å²) in [6, 6.07) is 6.60. The van der Waals surface area contributed by atoms with Crippen molar-refractivity contribution in [3.63, 3.8) is 0 Å². The zero-order valence-electron chi connectivity index (χ0n) is 15.0. The first kappa shape index (κ1) is 16.3. The number of hydrogen-bond acceptors (Lipinski definition) is 5. The molecule has 1 saturated carbocycles. The lowest BCUT2D eigenvalue weighted by molar-refractivity contribution is -0.120. The van der Waals surface area contributed by atoms with E-state index in [2.05, 4.69) is 38.2 Å². The van der Waals surface area contributed by atoms with Crippen molar-refractivity contribution in [2.45, 2.75) is 50.2 Å². The molecule has 1 amide bonds. The molecule has 3 aliphatic heterocycles. The number of hydrazine groups is 1. The van der Waals surface area contributed by atoms with Crippen molar-refractivity contribution in [3.05, 3.63) is 41.9 Å². The molecule has 3 N–H and O–H groups in total. The molecule has 5 rings (SSSR count). The summed E-state index contributed by atoms with van der Waals surface area (Å²) in [4.78, 5) is 17.1. The number of piperidine rings is 1. The molecule has 0 radical (unpaired) electrons. The molecule has 26 heavy (non-hydrogen) atoms. The standard InChI is InChI=1S/C20H27N5O/c26-18-12-17(13-7-10-21-11-8-13)25-20(23-18)19-14(4-3-6-16(19)24-25)15-5-1-2-9-22-15/h1-2,5,9,12-14,16,19-21,24H,3-4,6-8,10-11H2,(H,23,26). The van der Waals surface area contributed by atoms with Crippen LogP contribution in [0.4, 0.5) is 0 Å². The number of amides is 1. The van der Waals surface area contributed by atoms with Gasteiger partial charge in [0.25, 0.3) is 0 Å². The maximum atomic E-state index is 12.5. The number of fused-ring (bicyclic) bond motifs is 3. The summed E-state index contributed by atoms with van der Waals surface area (Å²) in [6.07, 6.45) is 9.46. The van der Waals surface area contributed by atoms with Crippen LogP contribution in [0.5, 0.6) is 0 Å². The summed E-state index contributed by atoms with van der Waals surface area (Å²) < 4.78 is 0. The minimum Gasteiger partial charge on any atom is -0.331 e. The first-order chi connectivity index (χ1) is 12.8. The normalized spacial score (nSPS) is 34.7. The molecular weight excluding hydrogens is 326 g/mol. The third kappa shape index (κ3) is 2.72. The third-order valence-corrected chi connectivity index (χ3v) is 6.58. The van der Waals surface area contributed by atoms with Gasteiger partial charge < -0.3 is 10.6 Å². The Morgan fingerprint density at radius 2 is 2.00 bits per heavy atom. The Bertz CT molecular complexity index is 699. The molecule has 4 atom stereocenters. The average Bonchev–Trinajstić information content (AvgIpc) is 3.07. The Morgan fingerprint density at radius 1 is 1.12 bits per heavy atom. The highest BCUT2D eigenvalue weighted by Gasteiger charge is 2.51. The maximum absolute atomic E-state index is 12.5. The first-order valence-corrected chi connectivity index (χ1v) is 10.0. The summed E-state index contributed by atoms with van der Waals surface area (Å²) in [6.45, 7) is 2.07. The maximum Gasteiger partial charge on any atom is 0.247 e. The van der Waals surface area contributed by atoms with E-state index in [0.717, 1.165) is 44.5 Å². The van der Waals surface area contributed by atoms with Crippen LogP contribution in [0.3, 0.4) is 0 Å². The average molecular weight is 353 g/mol. The van der Waals surface area contributed by atoms with Crippen LogP contribution in [0, 0.1) is 11.8 Å². The van der Waals surface area contributed by atoms with E-state index < -0.39 is 0 Å². The molecule has 6 nitrogen and oxygen atoms in total. The lowest BCUT2D eigenvalue weighted by Crippen LogP contribution is -2.54. The molecule has 4 aliphatic rings. The van der Waals surface area contributed by atoms with Gasteiger partial charge in [-0.15, -0.1) is 0 Å². The molecule has 4 unspecified atom stereocenters. The molecule has 6 heteroatoms. The Kier molecular flexibility index (Phi) is 4.17. The fraction of sp³-hybridized carbons (Fsp3) is 0.600. The largest absolute Gasteiger partial charge is 0.331 e. The molecule has 4 heterocycles. The zero-order valence-corrected chi connectivity index (χ0v) is 15.0. The second-order valence-corrected chi connectivity index (χ2v) is 8.02. The predicted molar refractivity (Wildman–Crippen MR) is 98.7 cm³/mol. The van der Waals surface area contributed by atoms with Gasteiger partial charge in [-0.1, -0.05) is 12.5 Å². The van der Waals surface area contributed by atoms with Crippen molar-refractivity contribution >= 4 is 5.91 Å². The van der Waals surface area contributed by atoms with Crippen molar-refractivity contribution in [2.75, 3.05) is 13.1 Å². The van der Waals surface area contributed by atoms with Crippen molar-refractivity contribution in [1.82, 2.24) is 26.1 Å². The summed E-state index contributed by atoms with van der Waals surface area (Å²) in [5.41, 5.74) is 6.12. The Balaban J connectivity index is 1.46. The number of pyridine rings is 1. The van der Waals surface area contributed by atoms with E-state index in [1.807, 2.05) is 18.3 Å². The van der Waals surface area contributed by atoms with E-state index in [1.54, 1.807) is 0 Å². The number of carbonyl (C=O) groups is 1. The zero-order chi connectivity index (χ0) is 17.5. The number of aromatic nitrogens is 1.